The number of ether oxygens (including phenoxy) is 3. The second-order valence-corrected chi connectivity index (χ2v) is 12.6. The number of thiophene rings is 2. The summed E-state index contributed by atoms with van der Waals surface area (Å²) in [6.45, 7) is 9.08. The number of hydrogen-bond acceptors (Lipinski definition) is 10. The van der Waals surface area contributed by atoms with Gasteiger partial charge in [0.1, 0.15) is 9.88 Å². The van der Waals surface area contributed by atoms with Crippen LogP contribution < -0.4 is 5.32 Å². The number of benzene rings is 1. The van der Waals surface area contributed by atoms with Gasteiger partial charge in [0.15, 0.2) is 0 Å². The van der Waals surface area contributed by atoms with E-state index in [1.54, 1.807) is 34.6 Å². The normalized spacial score (nSPS) is 12.6. The molecule has 4 rings (SSSR count). The van der Waals surface area contributed by atoms with Gasteiger partial charge in [-0.05, 0) is 69.7 Å². The van der Waals surface area contributed by atoms with E-state index in [9.17, 15) is 19.2 Å². The first-order chi connectivity index (χ1) is 19.2. The lowest BCUT2D eigenvalue weighted by atomic mass is 9.89. The van der Waals surface area contributed by atoms with E-state index in [4.69, 9.17) is 14.2 Å². The molecule has 0 spiro atoms. The molecule has 0 aliphatic heterocycles. The summed E-state index contributed by atoms with van der Waals surface area (Å²) in [5, 5.41) is 2.41. The minimum atomic E-state index is -0.632. The van der Waals surface area contributed by atoms with Gasteiger partial charge in [-0.25, -0.2) is 14.4 Å². The Bertz CT molecular complexity index is 1460. The number of amides is 1. The Kier molecular flexibility index (Phi) is 9.70. The molecular formula is C29H31NO7S3. The number of thioether (sulfide) groups is 1. The Morgan fingerprint density at radius 2 is 1.52 bits per heavy atom. The number of aryl methyl sites for hydroxylation is 1. The Labute approximate surface area is 245 Å². The number of nitrogens with one attached hydrogen (secondary N) is 1. The molecule has 0 saturated carbocycles. The summed E-state index contributed by atoms with van der Waals surface area (Å²) in [6.07, 6.45) is 1.54. The molecule has 0 radical (unpaired) electrons. The van der Waals surface area contributed by atoms with E-state index >= 15 is 0 Å². The molecule has 1 aliphatic rings. The van der Waals surface area contributed by atoms with Crippen molar-refractivity contribution >= 4 is 63.3 Å². The molecule has 0 bridgehead atoms. The Morgan fingerprint density at radius 3 is 2.20 bits per heavy atom. The Morgan fingerprint density at radius 1 is 0.900 bits per heavy atom. The first-order valence-electron chi connectivity index (χ1n) is 13.1. The molecule has 1 atom stereocenters. The van der Waals surface area contributed by atoms with Crippen molar-refractivity contribution < 1.29 is 33.4 Å². The van der Waals surface area contributed by atoms with Crippen LogP contribution in [0.1, 0.15) is 74.8 Å². The largest absolute Gasteiger partial charge is 0.462 e. The predicted molar refractivity (Wildman–Crippen MR) is 158 cm³/mol. The maximum absolute atomic E-state index is 13.4. The standard InChI is InChI=1S/C29H31NO7S3/c1-6-35-26(32)20-15(4)22(28(34)37-8-3)39-25(20)30-24(31)16(5)38-29-21(27(33)36-7-2)19-14-13-17-11-9-10-12-18(17)23(19)40-29/h9-12,16H,6-8,13-14H2,1-5H3,(H,30,31). The average molecular weight is 602 g/mol. The van der Waals surface area contributed by atoms with Crippen LogP contribution in [0.25, 0.3) is 10.4 Å². The van der Waals surface area contributed by atoms with Crippen molar-refractivity contribution in [3.8, 4) is 10.4 Å². The van der Waals surface area contributed by atoms with E-state index in [1.165, 1.54) is 28.7 Å². The highest BCUT2D eigenvalue weighted by atomic mass is 32.2. The van der Waals surface area contributed by atoms with Gasteiger partial charge < -0.3 is 19.5 Å². The van der Waals surface area contributed by atoms with Crippen LogP contribution in [-0.4, -0.2) is 48.9 Å². The summed E-state index contributed by atoms with van der Waals surface area (Å²) < 4.78 is 16.4. The van der Waals surface area contributed by atoms with Crippen LogP contribution >= 0.6 is 34.4 Å². The number of carbonyl (C=O) groups is 4. The van der Waals surface area contributed by atoms with Gasteiger partial charge in [0.25, 0.3) is 0 Å². The second-order valence-electron chi connectivity index (χ2n) is 8.90. The Balaban J connectivity index is 1.64. The first-order valence-corrected chi connectivity index (χ1v) is 15.6. The maximum Gasteiger partial charge on any atom is 0.348 e. The molecule has 0 saturated heterocycles. The summed E-state index contributed by atoms with van der Waals surface area (Å²) in [5.41, 5.74) is 4.33. The molecule has 1 N–H and O–H groups in total. The lowest BCUT2D eigenvalue weighted by Crippen LogP contribution is -2.23. The molecule has 2 aromatic heterocycles. The highest BCUT2D eigenvalue weighted by molar-refractivity contribution is 8.02. The summed E-state index contributed by atoms with van der Waals surface area (Å²) in [6, 6.07) is 8.14. The number of rotatable bonds is 10. The van der Waals surface area contributed by atoms with Gasteiger partial charge >= 0.3 is 17.9 Å². The van der Waals surface area contributed by atoms with Crippen LogP contribution in [0.4, 0.5) is 5.00 Å². The average Bonchev–Trinajstić information content (AvgIpc) is 3.46. The van der Waals surface area contributed by atoms with Gasteiger partial charge in [-0.1, -0.05) is 24.3 Å². The molecule has 40 heavy (non-hydrogen) atoms. The number of fused-ring (bicyclic) bond motifs is 3. The van der Waals surface area contributed by atoms with Crippen molar-refractivity contribution in [2.24, 2.45) is 0 Å². The lowest BCUT2D eigenvalue weighted by Gasteiger charge is -2.17. The van der Waals surface area contributed by atoms with E-state index < -0.39 is 23.2 Å². The molecule has 1 amide bonds. The smallest absolute Gasteiger partial charge is 0.348 e. The monoisotopic (exact) mass is 601 g/mol. The summed E-state index contributed by atoms with van der Waals surface area (Å²) >= 11 is 3.74. The first kappa shape index (κ1) is 29.8. The zero-order chi connectivity index (χ0) is 29.0. The third kappa shape index (κ3) is 5.96. The van der Waals surface area contributed by atoms with Crippen molar-refractivity contribution in [2.45, 2.75) is 56.9 Å². The van der Waals surface area contributed by atoms with Crippen LogP contribution in [0.5, 0.6) is 0 Å². The lowest BCUT2D eigenvalue weighted by molar-refractivity contribution is -0.115. The minimum absolute atomic E-state index is 0.135. The van der Waals surface area contributed by atoms with Crippen LogP contribution in [0.15, 0.2) is 28.5 Å². The van der Waals surface area contributed by atoms with E-state index in [0.717, 1.165) is 33.8 Å². The maximum atomic E-state index is 13.4. The van der Waals surface area contributed by atoms with Crippen molar-refractivity contribution in [1.29, 1.82) is 0 Å². The number of hydrogen-bond donors (Lipinski definition) is 1. The molecule has 11 heteroatoms. The van der Waals surface area contributed by atoms with Gasteiger partial charge in [-0.3, -0.25) is 4.79 Å². The van der Waals surface area contributed by atoms with Crippen LogP contribution in [0, 0.1) is 6.92 Å². The third-order valence-corrected chi connectivity index (χ3v) is 10.1. The van der Waals surface area contributed by atoms with Gasteiger partial charge in [0.2, 0.25) is 5.91 Å². The topological polar surface area (TPSA) is 108 Å². The van der Waals surface area contributed by atoms with Crippen molar-refractivity contribution in [3.63, 3.8) is 0 Å². The van der Waals surface area contributed by atoms with Crippen LogP contribution in [-0.2, 0) is 31.8 Å². The second kappa shape index (κ2) is 13.0. The minimum Gasteiger partial charge on any atom is -0.462 e. The van der Waals surface area contributed by atoms with Crippen LogP contribution in [0.3, 0.4) is 0 Å². The van der Waals surface area contributed by atoms with E-state index in [0.29, 0.717) is 21.8 Å². The van der Waals surface area contributed by atoms with E-state index in [-0.39, 0.29) is 41.2 Å². The molecule has 8 nitrogen and oxygen atoms in total. The van der Waals surface area contributed by atoms with E-state index in [1.807, 2.05) is 12.1 Å². The van der Waals surface area contributed by atoms with Gasteiger partial charge in [0, 0.05) is 4.88 Å². The highest BCUT2D eigenvalue weighted by Crippen LogP contribution is 2.47. The molecule has 1 aromatic carbocycles. The van der Waals surface area contributed by atoms with Gasteiger partial charge in [-0.15, -0.1) is 34.4 Å². The summed E-state index contributed by atoms with van der Waals surface area (Å²) in [5.74, 6) is -1.97. The van der Waals surface area contributed by atoms with E-state index in [2.05, 4.69) is 17.4 Å². The molecular weight excluding hydrogens is 571 g/mol. The molecule has 0 fully saturated rings. The zero-order valence-electron chi connectivity index (χ0n) is 23.0. The molecule has 212 valence electrons. The number of carbonyl (C=O) groups excluding carboxylic acids is 4. The molecule has 1 unspecified atom stereocenters. The molecule has 2 heterocycles. The fourth-order valence-corrected chi connectivity index (χ4v) is 8.39. The molecule has 1 aliphatic carbocycles. The third-order valence-electron chi connectivity index (χ3n) is 6.34. The quantitative estimate of drug-likeness (QED) is 0.159. The van der Waals surface area contributed by atoms with Gasteiger partial charge in [0.05, 0.1) is 40.4 Å². The summed E-state index contributed by atoms with van der Waals surface area (Å²) in [7, 11) is 0. The number of anilines is 1. The van der Waals surface area contributed by atoms with Gasteiger partial charge in [-0.2, -0.15) is 0 Å². The number of esters is 3. The van der Waals surface area contributed by atoms with Crippen molar-refractivity contribution in [3.05, 3.63) is 57.0 Å². The predicted octanol–water partition coefficient (Wildman–Crippen LogP) is 6.53. The molecule has 3 aromatic rings. The zero-order valence-corrected chi connectivity index (χ0v) is 25.5. The highest BCUT2D eigenvalue weighted by Gasteiger charge is 2.32. The van der Waals surface area contributed by atoms with Crippen LogP contribution in [0.2, 0.25) is 0 Å². The fourth-order valence-electron chi connectivity index (χ4n) is 4.48. The van der Waals surface area contributed by atoms with Crippen molar-refractivity contribution in [1.82, 2.24) is 0 Å². The van der Waals surface area contributed by atoms with Crippen molar-refractivity contribution in [2.75, 3.05) is 25.1 Å². The fraction of sp³-hybridized carbons (Fsp3) is 0.379. The SMILES string of the molecule is CCOC(=O)c1sc(NC(=O)C(C)Sc2sc3c(c2C(=O)OCC)CCc2ccccc2-3)c(C(=O)OCC)c1C. The summed E-state index contributed by atoms with van der Waals surface area (Å²) in [4.78, 5) is 53.0. The Hall–Kier alpha value is -3.15.